The first-order valence-corrected chi connectivity index (χ1v) is 8.47. The Morgan fingerprint density at radius 1 is 1.15 bits per heavy atom. The largest absolute Gasteiger partial charge is 0.573 e. The highest BCUT2D eigenvalue weighted by molar-refractivity contribution is 5.95. The molecule has 0 radical (unpaired) electrons. The Labute approximate surface area is 155 Å². The van der Waals surface area contributed by atoms with Gasteiger partial charge in [0, 0.05) is 25.8 Å². The van der Waals surface area contributed by atoms with E-state index in [-0.39, 0.29) is 18.2 Å². The van der Waals surface area contributed by atoms with Gasteiger partial charge < -0.3 is 19.3 Å². The first kappa shape index (κ1) is 20.9. The van der Waals surface area contributed by atoms with Crippen LogP contribution < -0.4 is 9.64 Å². The number of hydrogen-bond donors (Lipinski definition) is 0. The van der Waals surface area contributed by atoms with E-state index in [2.05, 4.69) is 4.74 Å². The van der Waals surface area contributed by atoms with Crippen molar-refractivity contribution in [3.63, 3.8) is 0 Å². The van der Waals surface area contributed by atoms with Crippen LogP contribution in [0.25, 0.3) is 0 Å². The molecule has 0 unspecified atom stereocenters. The van der Waals surface area contributed by atoms with Crippen molar-refractivity contribution in [3.8, 4) is 5.75 Å². The Morgan fingerprint density at radius 2 is 1.74 bits per heavy atom. The second kappa shape index (κ2) is 7.66. The van der Waals surface area contributed by atoms with E-state index in [4.69, 9.17) is 4.74 Å². The van der Waals surface area contributed by atoms with Gasteiger partial charge in [-0.3, -0.25) is 4.79 Å². The molecule has 0 spiro atoms. The summed E-state index contributed by atoms with van der Waals surface area (Å²) in [5.74, 6) is -0.969. The normalized spacial score (nSPS) is 17.6. The van der Waals surface area contributed by atoms with Crippen molar-refractivity contribution >= 4 is 17.7 Å². The molecule has 1 aliphatic heterocycles. The number of alkyl halides is 3. The number of nitrogens with zero attached hydrogens (tertiary/aromatic N) is 2. The zero-order chi connectivity index (χ0) is 20.4. The lowest BCUT2D eigenvalue weighted by Crippen LogP contribution is -2.38. The smallest absolute Gasteiger partial charge is 0.444 e. The Morgan fingerprint density at radius 3 is 2.26 bits per heavy atom. The van der Waals surface area contributed by atoms with Crippen LogP contribution in [0.5, 0.6) is 5.75 Å². The summed E-state index contributed by atoms with van der Waals surface area (Å²) in [6, 6.07) is 5.04. The summed E-state index contributed by atoms with van der Waals surface area (Å²) in [6.07, 6.45) is -4.73. The van der Waals surface area contributed by atoms with Crippen LogP contribution in [-0.2, 0) is 9.53 Å². The second-order valence-corrected chi connectivity index (χ2v) is 7.35. The molecular weight excluding hydrogens is 365 g/mol. The van der Waals surface area contributed by atoms with E-state index >= 15 is 0 Å². The number of carbonyl (C=O) groups is 2. The minimum atomic E-state index is -4.77. The predicted molar refractivity (Wildman–Crippen MR) is 92.4 cm³/mol. The molecule has 9 heteroatoms. The van der Waals surface area contributed by atoms with Gasteiger partial charge in [-0.25, -0.2) is 4.79 Å². The lowest BCUT2D eigenvalue weighted by atomic mass is 10.1. The quantitative estimate of drug-likeness (QED) is 0.790. The molecule has 1 fully saturated rings. The van der Waals surface area contributed by atoms with Gasteiger partial charge in [0.05, 0.1) is 5.92 Å². The van der Waals surface area contributed by atoms with Gasteiger partial charge >= 0.3 is 12.5 Å². The van der Waals surface area contributed by atoms with Crippen LogP contribution in [0.15, 0.2) is 24.3 Å². The van der Waals surface area contributed by atoms with Crippen LogP contribution in [0.3, 0.4) is 0 Å². The third-order valence-corrected chi connectivity index (χ3v) is 3.98. The molecule has 2 amide bonds. The number of ether oxygens (including phenoxy) is 2. The maximum Gasteiger partial charge on any atom is 0.573 e. The van der Waals surface area contributed by atoms with Gasteiger partial charge in [-0.1, -0.05) is 0 Å². The molecule has 0 N–H and O–H groups in total. The van der Waals surface area contributed by atoms with Crippen LogP contribution in [0.4, 0.5) is 23.7 Å². The number of rotatable bonds is 3. The van der Waals surface area contributed by atoms with Gasteiger partial charge in [-0.05, 0) is 51.5 Å². The number of carbonyl (C=O) groups excluding carboxylic acids is 2. The molecule has 1 aromatic rings. The molecule has 0 aromatic heterocycles. The van der Waals surface area contributed by atoms with Gasteiger partial charge in [0.15, 0.2) is 0 Å². The third kappa shape index (κ3) is 6.04. The summed E-state index contributed by atoms with van der Waals surface area (Å²) in [5.41, 5.74) is -0.179. The Balaban J connectivity index is 1.96. The van der Waals surface area contributed by atoms with Gasteiger partial charge in [0.25, 0.3) is 0 Å². The maximum atomic E-state index is 12.6. The minimum absolute atomic E-state index is 0.217. The Bertz CT molecular complexity index is 683. The SMILES string of the molecule is CN(C(=O)[C@@H]1CCN(C(=O)OC(C)(C)C)C1)c1ccc(OC(F)(F)F)cc1. The summed E-state index contributed by atoms with van der Waals surface area (Å²) in [7, 11) is 1.54. The fourth-order valence-corrected chi connectivity index (χ4v) is 2.73. The van der Waals surface area contributed by atoms with E-state index in [1.165, 1.54) is 29.0 Å². The molecule has 0 saturated carbocycles. The summed E-state index contributed by atoms with van der Waals surface area (Å²) < 4.78 is 45.7. The molecule has 1 aromatic carbocycles. The molecule has 150 valence electrons. The van der Waals surface area contributed by atoms with Crippen LogP contribution >= 0.6 is 0 Å². The van der Waals surface area contributed by atoms with Gasteiger partial charge in [0.1, 0.15) is 11.4 Å². The highest BCUT2D eigenvalue weighted by atomic mass is 19.4. The Kier molecular flexibility index (Phi) is 5.91. The number of amides is 2. The molecule has 1 heterocycles. The number of anilines is 1. The number of hydrogen-bond acceptors (Lipinski definition) is 4. The van der Waals surface area contributed by atoms with E-state index in [9.17, 15) is 22.8 Å². The van der Waals surface area contributed by atoms with E-state index < -0.39 is 24.0 Å². The van der Waals surface area contributed by atoms with Crippen LogP contribution in [0.2, 0.25) is 0 Å². The molecule has 2 rings (SSSR count). The average Bonchev–Trinajstić information content (AvgIpc) is 3.01. The van der Waals surface area contributed by atoms with Gasteiger partial charge in [-0.2, -0.15) is 0 Å². The Hall–Kier alpha value is -2.45. The first-order valence-electron chi connectivity index (χ1n) is 8.47. The maximum absolute atomic E-state index is 12.6. The lowest BCUT2D eigenvalue weighted by Gasteiger charge is -2.25. The summed E-state index contributed by atoms with van der Waals surface area (Å²) >= 11 is 0. The third-order valence-electron chi connectivity index (χ3n) is 3.98. The van der Waals surface area contributed by atoms with Crippen LogP contribution in [0, 0.1) is 5.92 Å². The minimum Gasteiger partial charge on any atom is -0.444 e. The van der Waals surface area contributed by atoms with Crippen molar-refractivity contribution in [1.82, 2.24) is 4.90 Å². The van der Waals surface area contributed by atoms with Crippen molar-refractivity contribution in [2.45, 2.75) is 39.2 Å². The van der Waals surface area contributed by atoms with Gasteiger partial charge in [-0.15, -0.1) is 13.2 Å². The van der Waals surface area contributed by atoms with Crippen molar-refractivity contribution in [2.24, 2.45) is 5.92 Å². The van der Waals surface area contributed by atoms with Crippen LogP contribution in [-0.4, -0.2) is 49.0 Å². The number of benzene rings is 1. The van der Waals surface area contributed by atoms with E-state index in [1.807, 2.05) is 0 Å². The molecule has 1 saturated heterocycles. The van der Waals surface area contributed by atoms with Crippen molar-refractivity contribution < 1.29 is 32.2 Å². The van der Waals surface area contributed by atoms with Crippen molar-refractivity contribution in [1.29, 1.82) is 0 Å². The second-order valence-electron chi connectivity index (χ2n) is 7.35. The highest BCUT2D eigenvalue weighted by Gasteiger charge is 2.35. The highest BCUT2D eigenvalue weighted by Crippen LogP contribution is 2.27. The first-order chi connectivity index (χ1) is 12.4. The standard InChI is InChI=1S/C18H23F3N2O4/c1-17(2,3)27-16(25)23-10-9-12(11-23)15(24)22(4)13-5-7-14(8-6-13)26-18(19,20)21/h5-8,12H,9-11H2,1-4H3/t12-/m1/s1. The molecule has 1 atom stereocenters. The monoisotopic (exact) mass is 388 g/mol. The predicted octanol–water partition coefficient (Wildman–Crippen LogP) is 3.81. The van der Waals surface area contributed by atoms with Crippen molar-refractivity contribution in [2.75, 3.05) is 25.0 Å². The number of likely N-dealkylation sites (tertiary alicyclic amines) is 1. The molecule has 6 nitrogen and oxygen atoms in total. The molecule has 0 aliphatic carbocycles. The average molecular weight is 388 g/mol. The lowest BCUT2D eigenvalue weighted by molar-refractivity contribution is -0.274. The van der Waals surface area contributed by atoms with E-state index in [1.54, 1.807) is 20.8 Å². The summed E-state index contributed by atoms with van der Waals surface area (Å²) in [4.78, 5) is 27.6. The zero-order valence-corrected chi connectivity index (χ0v) is 15.7. The van der Waals surface area contributed by atoms with E-state index in [0.717, 1.165) is 12.1 Å². The fourth-order valence-electron chi connectivity index (χ4n) is 2.73. The summed E-state index contributed by atoms with van der Waals surface area (Å²) in [5, 5.41) is 0. The molecular formula is C18H23F3N2O4. The van der Waals surface area contributed by atoms with E-state index in [0.29, 0.717) is 18.7 Å². The fraction of sp³-hybridized carbons (Fsp3) is 0.556. The molecule has 27 heavy (non-hydrogen) atoms. The number of halogens is 3. The molecule has 1 aliphatic rings. The topological polar surface area (TPSA) is 59.1 Å². The molecule has 0 bridgehead atoms. The van der Waals surface area contributed by atoms with Gasteiger partial charge in [0.2, 0.25) is 5.91 Å². The zero-order valence-electron chi connectivity index (χ0n) is 15.7. The summed E-state index contributed by atoms with van der Waals surface area (Å²) in [6.45, 7) is 5.96. The van der Waals surface area contributed by atoms with Crippen molar-refractivity contribution in [3.05, 3.63) is 24.3 Å². The van der Waals surface area contributed by atoms with Crippen LogP contribution in [0.1, 0.15) is 27.2 Å².